The average molecular weight is 467 g/mol. The highest BCUT2D eigenvalue weighted by molar-refractivity contribution is 6.03. The van der Waals surface area contributed by atoms with Gasteiger partial charge in [-0.2, -0.15) is 23.4 Å². The molecule has 34 heavy (non-hydrogen) atoms. The standard InChI is InChI=1S/C24H20F3N5O2/c1-14-11-15(2)32(29-14)20-10-5-4-9-19(20)28-23(34)22-21(33)12-16(3)31(30-22)18-8-6-7-17(13-18)24(25,26)27/h4-13H,1-3H3,(H,28,34). The lowest BCUT2D eigenvalue weighted by Gasteiger charge is -2.15. The number of aromatic nitrogens is 4. The lowest BCUT2D eigenvalue weighted by Crippen LogP contribution is -2.27. The molecule has 10 heteroatoms. The summed E-state index contributed by atoms with van der Waals surface area (Å²) >= 11 is 0. The van der Waals surface area contributed by atoms with Gasteiger partial charge in [-0.1, -0.05) is 18.2 Å². The minimum Gasteiger partial charge on any atom is -0.319 e. The molecule has 174 valence electrons. The third-order valence-corrected chi connectivity index (χ3v) is 5.13. The van der Waals surface area contributed by atoms with Gasteiger partial charge >= 0.3 is 6.18 Å². The predicted molar refractivity (Wildman–Crippen MR) is 121 cm³/mol. The van der Waals surface area contributed by atoms with Gasteiger partial charge in [-0.3, -0.25) is 9.59 Å². The normalized spacial score (nSPS) is 11.5. The van der Waals surface area contributed by atoms with Gasteiger partial charge in [0, 0.05) is 17.5 Å². The van der Waals surface area contributed by atoms with Gasteiger partial charge in [0.1, 0.15) is 0 Å². The van der Waals surface area contributed by atoms with E-state index in [4.69, 9.17) is 0 Å². The number of para-hydroxylation sites is 2. The first-order valence-corrected chi connectivity index (χ1v) is 10.3. The number of carbonyl (C=O) groups excluding carboxylic acids is 1. The molecule has 1 N–H and O–H groups in total. The Morgan fingerprint density at radius 3 is 2.26 bits per heavy atom. The van der Waals surface area contributed by atoms with Crippen LogP contribution in [0.5, 0.6) is 0 Å². The number of amides is 1. The van der Waals surface area contributed by atoms with Gasteiger partial charge in [-0.05, 0) is 57.2 Å². The molecule has 0 aliphatic rings. The maximum absolute atomic E-state index is 13.2. The van der Waals surface area contributed by atoms with Crippen molar-refractivity contribution in [1.82, 2.24) is 19.6 Å². The first-order valence-electron chi connectivity index (χ1n) is 10.3. The molecule has 0 saturated heterocycles. The van der Waals surface area contributed by atoms with E-state index in [1.807, 2.05) is 19.9 Å². The van der Waals surface area contributed by atoms with Crippen LogP contribution in [-0.4, -0.2) is 25.5 Å². The monoisotopic (exact) mass is 467 g/mol. The second-order valence-corrected chi connectivity index (χ2v) is 7.77. The van der Waals surface area contributed by atoms with Crippen LogP contribution in [0.2, 0.25) is 0 Å². The molecule has 1 amide bonds. The second kappa shape index (κ2) is 8.62. The topological polar surface area (TPSA) is 81.8 Å². The molecule has 0 aliphatic carbocycles. The van der Waals surface area contributed by atoms with Crippen LogP contribution in [0.3, 0.4) is 0 Å². The number of hydrogen-bond donors (Lipinski definition) is 1. The summed E-state index contributed by atoms with van der Waals surface area (Å²) in [5.74, 6) is -0.792. The van der Waals surface area contributed by atoms with E-state index >= 15 is 0 Å². The van der Waals surface area contributed by atoms with Crippen LogP contribution in [-0.2, 0) is 6.18 Å². The summed E-state index contributed by atoms with van der Waals surface area (Å²) in [5, 5.41) is 11.2. The van der Waals surface area contributed by atoms with Crippen LogP contribution in [0.1, 0.15) is 33.1 Å². The molecule has 0 bridgehead atoms. The Balaban J connectivity index is 1.73. The van der Waals surface area contributed by atoms with E-state index in [2.05, 4.69) is 15.5 Å². The van der Waals surface area contributed by atoms with Crippen LogP contribution < -0.4 is 10.7 Å². The van der Waals surface area contributed by atoms with Crippen molar-refractivity contribution in [1.29, 1.82) is 0 Å². The highest BCUT2D eigenvalue weighted by Crippen LogP contribution is 2.30. The van der Waals surface area contributed by atoms with E-state index in [9.17, 15) is 22.8 Å². The van der Waals surface area contributed by atoms with Gasteiger partial charge in [0.05, 0.1) is 28.3 Å². The first kappa shape index (κ1) is 23.0. The summed E-state index contributed by atoms with van der Waals surface area (Å²) in [6, 6.07) is 14.5. The predicted octanol–water partition coefficient (Wildman–Crippen LogP) is 4.61. The van der Waals surface area contributed by atoms with Crippen molar-refractivity contribution >= 4 is 11.6 Å². The minimum atomic E-state index is -4.55. The second-order valence-electron chi connectivity index (χ2n) is 7.77. The largest absolute Gasteiger partial charge is 0.416 e. The van der Waals surface area contributed by atoms with Crippen molar-refractivity contribution in [3.63, 3.8) is 0 Å². The third kappa shape index (κ3) is 4.47. The van der Waals surface area contributed by atoms with Crippen molar-refractivity contribution in [2.24, 2.45) is 0 Å². The van der Waals surface area contributed by atoms with Crippen LogP contribution in [0, 0.1) is 20.8 Å². The zero-order valence-electron chi connectivity index (χ0n) is 18.5. The fourth-order valence-electron chi connectivity index (χ4n) is 3.60. The molecule has 0 atom stereocenters. The Morgan fingerprint density at radius 2 is 1.59 bits per heavy atom. The van der Waals surface area contributed by atoms with Gasteiger partial charge in [0.25, 0.3) is 5.91 Å². The summed E-state index contributed by atoms with van der Waals surface area (Å²) in [6.07, 6.45) is -4.55. The first-order chi connectivity index (χ1) is 16.0. The Labute approximate surface area is 192 Å². The van der Waals surface area contributed by atoms with E-state index in [-0.39, 0.29) is 11.4 Å². The minimum absolute atomic E-state index is 0.0735. The maximum Gasteiger partial charge on any atom is 0.416 e. The lowest BCUT2D eigenvalue weighted by molar-refractivity contribution is -0.137. The SMILES string of the molecule is Cc1cc(C)n(-c2ccccc2NC(=O)c2nn(-c3cccc(C(F)(F)F)c3)c(C)cc2=O)n1. The number of hydrogen-bond acceptors (Lipinski definition) is 4. The highest BCUT2D eigenvalue weighted by Gasteiger charge is 2.30. The molecule has 0 saturated carbocycles. The van der Waals surface area contributed by atoms with Gasteiger partial charge in [0.2, 0.25) is 5.43 Å². The number of rotatable bonds is 4. The van der Waals surface area contributed by atoms with Crippen LogP contribution in [0.15, 0.2) is 65.5 Å². The van der Waals surface area contributed by atoms with Crippen molar-refractivity contribution in [3.8, 4) is 11.4 Å². The number of aryl methyl sites for hydroxylation is 3. The smallest absolute Gasteiger partial charge is 0.319 e. The number of nitrogens with one attached hydrogen (secondary N) is 1. The number of anilines is 1. The van der Waals surface area contributed by atoms with E-state index in [0.717, 1.165) is 34.3 Å². The van der Waals surface area contributed by atoms with Crippen LogP contribution in [0.25, 0.3) is 11.4 Å². The maximum atomic E-state index is 13.2. The number of carbonyl (C=O) groups is 1. The summed E-state index contributed by atoms with van der Waals surface area (Å²) < 4.78 is 42.3. The summed E-state index contributed by atoms with van der Waals surface area (Å²) in [5.41, 5.74) is 1.01. The van der Waals surface area contributed by atoms with Crippen molar-refractivity contribution in [3.05, 3.63) is 99.2 Å². The average Bonchev–Trinajstić information content (AvgIpc) is 3.11. The van der Waals surface area contributed by atoms with Gasteiger partial charge in [-0.25, -0.2) is 9.36 Å². The number of alkyl halides is 3. The molecular formula is C24H20F3N5O2. The van der Waals surface area contributed by atoms with Crippen LogP contribution in [0.4, 0.5) is 18.9 Å². The Bertz CT molecular complexity index is 1450. The van der Waals surface area contributed by atoms with E-state index in [1.165, 1.54) is 19.1 Å². The Hall–Kier alpha value is -4.21. The summed E-state index contributed by atoms with van der Waals surface area (Å²) in [7, 11) is 0. The van der Waals surface area contributed by atoms with Crippen molar-refractivity contribution < 1.29 is 18.0 Å². The number of benzene rings is 2. The molecule has 2 aromatic heterocycles. The van der Waals surface area contributed by atoms with Crippen LogP contribution >= 0.6 is 0 Å². The highest BCUT2D eigenvalue weighted by atomic mass is 19.4. The molecule has 2 aromatic carbocycles. The number of halogens is 3. The lowest BCUT2D eigenvalue weighted by atomic mass is 10.2. The molecule has 0 radical (unpaired) electrons. The quantitative estimate of drug-likeness (QED) is 0.475. The molecule has 4 aromatic rings. The zero-order chi connectivity index (χ0) is 24.6. The molecular weight excluding hydrogens is 447 g/mol. The fraction of sp³-hybridized carbons (Fsp3) is 0.167. The number of nitrogens with zero attached hydrogens (tertiary/aromatic N) is 4. The van der Waals surface area contributed by atoms with E-state index < -0.39 is 28.8 Å². The van der Waals surface area contributed by atoms with E-state index in [1.54, 1.807) is 28.9 Å². The molecule has 0 aliphatic heterocycles. The molecule has 0 fully saturated rings. The molecule has 2 heterocycles. The molecule has 0 unspecified atom stereocenters. The molecule has 4 rings (SSSR count). The fourth-order valence-corrected chi connectivity index (χ4v) is 3.60. The Morgan fingerprint density at radius 1 is 0.882 bits per heavy atom. The third-order valence-electron chi connectivity index (χ3n) is 5.13. The molecule has 0 spiro atoms. The van der Waals surface area contributed by atoms with E-state index in [0.29, 0.717) is 11.4 Å². The summed E-state index contributed by atoms with van der Waals surface area (Å²) in [6.45, 7) is 5.24. The van der Waals surface area contributed by atoms with Crippen molar-refractivity contribution in [2.45, 2.75) is 26.9 Å². The Kier molecular flexibility index (Phi) is 5.82. The van der Waals surface area contributed by atoms with Gasteiger partial charge < -0.3 is 5.32 Å². The summed E-state index contributed by atoms with van der Waals surface area (Å²) in [4.78, 5) is 25.6. The van der Waals surface area contributed by atoms with Gasteiger partial charge in [-0.15, -0.1) is 0 Å². The zero-order valence-corrected chi connectivity index (χ0v) is 18.5. The molecule has 7 nitrogen and oxygen atoms in total. The van der Waals surface area contributed by atoms with Crippen molar-refractivity contribution in [2.75, 3.05) is 5.32 Å². The van der Waals surface area contributed by atoms with Gasteiger partial charge in [0.15, 0.2) is 5.69 Å².